The molecule has 3 heteroatoms. The Morgan fingerprint density at radius 1 is 1.35 bits per heavy atom. The molecule has 0 saturated heterocycles. The Balaban J connectivity index is 2.23. The van der Waals surface area contributed by atoms with Crippen LogP contribution in [0.25, 0.3) is 0 Å². The lowest BCUT2D eigenvalue weighted by atomic mass is 9.93. The Hall–Kier alpha value is -1.51. The van der Waals surface area contributed by atoms with E-state index in [0.717, 1.165) is 18.4 Å². The first-order valence-corrected chi connectivity index (χ1v) is 5.96. The second-order valence-corrected chi connectivity index (χ2v) is 5.84. The van der Waals surface area contributed by atoms with Crippen LogP contribution in [0.1, 0.15) is 39.2 Å². The van der Waals surface area contributed by atoms with Gasteiger partial charge in [0.15, 0.2) is 0 Å². The highest BCUT2D eigenvalue weighted by Gasteiger charge is 2.51. The van der Waals surface area contributed by atoms with Gasteiger partial charge in [0.2, 0.25) is 5.91 Å². The van der Waals surface area contributed by atoms with Crippen molar-refractivity contribution < 1.29 is 9.90 Å². The van der Waals surface area contributed by atoms with Crippen LogP contribution < -0.4 is 5.32 Å². The van der Waals surface area contributed by atoms with E-state index in [0.29, 0.717) is 0 Å². The number of phenols is 1. The van der Waals surface area contributed by atoms with Crippen molar-refractivity contribution in [1.29, 1.82) is 0 Å². The van der Waals surface area contributed by atoms with Gasteiger partial charge in [-0.15, -0.1) is 0 Å². The average molecular weight is 233 g/mol. The summed E-state index contributed by atoms with van der Waals surface area (Å²) < 4.78 is 0. The standard InChI is InChI=1S/C14H19NO2/c1-13(2,3)15-12(17)14(7-8-14)10-5-4-6-11(16)9-10/h4-6,9,16H,7-8H2,1-3H3,(H,15,17). The third kappa shape index (κ3) is 2.43. The molecule has 0 radical (unpaired) electrons. The average Bonchev–Trinajstić information content (AvgIpc) is 2.95. The van der Waals surface area contributed by atoms with Crippen molar-refractivity contribution in [2.24, 2.45) is 0 Å². The summed E-state index contributed by atoms with van der Waals surface area (Å²) >= 11 is 0. The van der Waals surface area contributed by atoms with Crippen molar-refractivity contribution >= 4 is 5.91 Å². The normalized spacial score (nSPS) is 17.6. The van der Waals surface area contributed by atoms with Crippen LogP contribution in [-0.4, -0.2) is 16.6 Å². The van der Waals surface area contributed by atoms with Crippen LogP contribution in [-0.2, 0) is 10.2 Å². The number of carbonyl (C=O) groups is 1. The number of hydrogen-bond donors (Lipinski definition) is 2. The van der Waals surface area contributed by atoms with E-state index in [-0.39, 0.29) is 17.2 Å². The summed E-state index contributed by atoms with van der Waals surface area (Å²) in [6.07, 6.45) is 1.72. The molecule has 0 bridgehead atoms. The molecule has 17 heavy (non-hydrogen) atoms. The van der Waals surface area contributed by atoms with E-state index >= 15 is 0 Å². The molecule has 0 atom stereocenters. The minimum absolute atomic E-state index is 0.0654. The molecule has 3 nitrogen and oxygen atoms in total. The van der Waals surface area contributed by atoms with Gasteiger partial charge in [-0.2, -0.15) is 0 Å². The summed E-state index contributed by atoms with van der Waals surface area (Å²) in [5.41, 5.74) is 0.287. The molecule has 1 fully saturated rings. The molecular weight excluding hydrogens is 214 g/mol. The molecule has 1 aromatic rings. The second kappa shape index (κ2) is 3.76. The van der Waals surface area contributed by atoms with E-state index < -0.39 is 5.41 Å². The van der Waals surface area contributed by atoms with Crippen LogP contribution in [0.15, 0.2) is 24.3 Å². The fraction of sp³-hybridized carbons (Fsp3) is 0.500. The van der Waals surface area contributed by atoms with Gasteiger partial charge in [-0.1, -0.05) is 12.1 Å². The van der Waals surface area contributed by atoms with E-state index in [1.54, 1.807) is 18.2 Å². The number of hydrogen-bond acceptors (Lipinski definition) is 2. The maximum atomic E-state index is 12.3. The number of benzene rings is 1. The number of amides is 1. The maximum Gasteiger partial charge on any atom is 0.231 e. The van der Waals surface area contributed by atoms with Crippen LogP contribution >= 0.6 is 0 Å². The zero-order chi connectivity index (χ0) is 12.7. The quantitative estimate of drug-likeness (QED) is 0.823. The lowest BCUT2D eigenvalue weighted by Crippen LogP contribution is -2.46. The molecule has 0 unspecified atom stereocenters. The highest BCUT2D eigenvalue weighted by Crippen LogP contribution is 2.49. The van der Waals surface area contributed by atoms with Gasteiger partial charge < -0.3 is 10.4 Å². The van der Waals surface area contributed by atoms with Crippen LogP contribution in [0.5, 0.6) is 5.75 Å². The van der Waals surface area contributed by atoms with E-state index in [1.165, 1.54) is 0 Å². The molecule has 2 rings (SSSR count). The number of nitrogens with one attached hydrogen (secondary N) is 1. The van der Waals surface area contributed by atoms with Crippen molar-refractivity contribution in [3.05, 3.63) is 29.8 Å². The second-order valence-electron chi connectivity index (χ2n) is 5.84. The summed E-state index contributed by atoms with van der Waals surface area (Å²) in [5.74, 6) is 0.285. The van der Waals surface area contributed by atoms with Crippen molar-refractivity contribution in [1.82, 2.24) is 5.32 Å². The topological polar surface area (TPSA) is 49.3 Å². The number of carbonyl (C=O) groups excluding carboxylic acids is 1. The van der Waals surface area contributed by atoms with Gasteiger partial charge in [0.1, 0.15) is 5.75 Å². The minimum Gasteiger partial charge on any atom is -0.508 e. The molecule has 1 saturated carbocycles. The molecule has 2 N–H and O–H groups in total. The zero-order valence-corrected chi connectivity index (χ0v) is 10.6. The van der Waals surface area contributed by atoms with Crippen LogP contribution in [0, 0.1) is 0 Å². The fourth-order valence-corrected chi connectivity index (χ4v) is 2.04. The molecule has 0 aliphatic heterocycles. The van der Waals surface area contributed by atoms with Crippen LogP contribution in [0.3, 0.4) is 0 Å². The van der Waals surface area contributed by atoms with Gasteiger partial charge in [-0.25, -0.2) is 0 Å². The van der Waals surface area contributed by atoms with E-state index in [9.17, 15) is 9.90 Å². The predicted molar refractivity (Wildman–Crippen MR) is 66.9 cm³/mol. The summed E-state index contributed by atoms with van der Waals surface area (Å²) in [4.78, 5) is 12.3. The lowest BCUT2D eigenvalue weighted by molar-refractivity contribution is -0.125. The van der Waals surface area contributed by atoms with Gasteiger partial charge in [0.05, 0.1) is 5.41 Å². The first kappa shape index (κ1) is 12.0. The molecule has 0 aromatic heterocycles. The van der Waals surface area contributed by atoms with E-state index in [2.05, 4.69) is 5.32 Å². The molecule has 0 spiro atoms. The van der Waals surface area contributed by atoms with E-state index in [1.807, 2.05) is 26.8 Å². The number of rotatable bonds is 2. The predicted octanol–water partition coefficient (Wildman–Crippen LogP) is 2.34. The highest BCUT2D eigenvalue weighted by molar-refractivity contribution is 5.91. The Labute approximate surface area is 102 Å². The van der Waals surface area contributed by atoms with Gasteiger partial charge >= 0.3 is 0 Å². The van der Waals surface area contributed by atoms with Crippen molar-refractivity contribution in [3.63, 3.8) is 0 Å². The van der Waals surface area contributed by atoms with Gasteiger partial charge in [-0.05, 0) is 51.3 Å². The van der Waals surface area contributed by atoms with Gasteiger partial charge in [-0.3, -0.25) is 4.79 Å². The first-order chi connectivity index (χ1) is 7.83. The third-order valence-electron chi connectivity index (χ3n) is 3.07. The molecule has 1 amide bonds. The third-order valence-corrected chi connectivity index (χ3v) is 3.07. The largest absolute Gasteiger partial charge is 0.508 e. The molecule has 1 aliphatic rings. The number of aromatic hydroxyl groups is 1. The highest BCUT2D eigenvalue weighted by atomic mass is 16.3. The Kier molecular flexibility index (Phi) is 2.64. The lowest BCUT2D eigenvalue weighted by Gasteiger charge is -2.25. The monoisotopic (exact) mass is 233 g/mol. The van der Waals surface area contributed by atoms with E-state index in [4.69, 9.17) is 0 Å². The SMILES string of the molecule is CC(C)(C)NC(=O)C1(c2cccc(O)c2)CC1. The Morgan fingerprint density at radius 2 is 2.00 bits per heavy atom. The minimum atomic E-state index is -0.411. The van der Waals surface area contributed by atoms with Crippen molar-refractivity contribution in [2.45, 2.75) is 44.6 Å². The smallest absolute Gasteiger partial charge is 0.231 e. The summed E-state index contributed by atoms with van der Waals surface area (Å²) in [7, 11) is 0. The fourth-order valence-electron chi connectivity index (χ4n) is 2.04. The molecule has 92 valence electrons. The Bertz CT molecular complexity index is 442. The van der Waals surface area contributed by atoms with Crippen LogP contribution in [0.2, 0.25) is 0 Å². The molecular formula is C14H19NO2. The Morgan fingerprint density at radius 3 is 2.47 bits per heavy atom. The van der Waals surface area contributed by atoms with Gasteiger partial charge in [0, 0.05) is 5.54 Å². The molecule has 1 aliphatic carbocycles. The summed E-state index contributed by atoms with van der Waals surface area (Å²) in [6.45, 7) is 5.93. The molecule has 0 heterocycles. The van der Waals surface area contributed by atoms with Crippen LogP contribution in [0.4, 0.5) is 0 Å². The summed E-state index contributed by atoms with van der Waals surface area (Å²) in [6, 6.07) is 7.01. The van der Waals surface area contributed by atoms with Crippen molar-refractivity contribution in [2.75, 3.05) is 0 Å². The summed E-state index contributed by atoms with van der Waals surface area (Å²) in [5, 5.41) is 12.5. The zero-order valence-electron chi connectivity index (χ0n) is 10.6. The van der Waals surface area contributed by atoms with Gasteiger partial charge in [0.25, 0.3) is 0 Å². The molecule has 1 aromatic carbocycles. The first-order valence-electron chi connectivity index (χ1n) is 5.96. The maximum absolute atomic E-state index is 12.3. The van der Waals surface area contributed by atoms with Crippen molar-refractivity contribution in [3.8, 4) is 5.75 Å². The number of phenolic OH excluding ortho intramolecular Hbond substituents is 1.